The van der Waals surface area contributed by atoms with Crippen LogP contribution in [-0.2, 0) is 32.6 Å². The van der Waals surface area contributed by atoms with Crippen molar-refractivity contribution in [2.45, 2.75) is 44.7 Å². The molecule has 0 aliphatic rings. The van der Waals surface area contributed by atoms with Crippen LogP contribution in [0.15, 0.2) is 114 Å². The van der Waals surface area contributed by atoms with E-state index in [0.29, 0.717) is 12.2 Å². The minimum absolute atomic E-state index is 0.0848. The molecule has 4 aromatic carbocycles. The Kier molecular flexibility index (Phi) is 10.1. The third-order valence-corrected chi connectivity index (χ3v) is 8.78. The van der Waals surface area contributed by atoms with Crippen LogP contribution in [0.4, 0.5) is 5.69 Å². The zero-order chi connectivity index (χ0) is 30.1. The van der Waals surface area contributed by atoms with E-state index in [1.807, 2.05) is 87.5 Å². The van der Waals surface area contributed by atoms with Crippen LogP contribution in [0.3, 0.4) is 0 Å². The first-order valence-corrected chi connectivity index (χ1v) is 15.4. The third kappa shape index (κ3) is 7.64. The van der Waals surface area contributed by atoms with Crippen molar-refractivity contribution in [3.05, 3.63) is 131 Å². The van der Waals surface area contributed by atoms with Crippen molar-refractivity contribution >= 4 is 27.5 Å². The highest BCUT2D eigenvalue weighted by molar-refractivity contribution is 7.92. The Morgan fingerprint density at radius 3 is 1.98 bits per heavy atom. The number of amides is 2. The minimum atomic E-state index is -4.12. The lowest BCUT2D eigenvalue weighted by atomic mass is 10.0. The number of carbonyl (C=O) groups excluding carboxylic acids is 2. The van der Waals surface area contributed by atoms with Gasteiger partial charge in [0.05, 0.1) is 10.6 Å². The van der Waals surface area contributed by atoms with Crippen molar-refractivity contribution in [1.82, 2.24) is 10.2 Å². The molecule has 0 aliphatic heterocycles. The number of likely N-dealkylation sites (N-methyl/N-ethyl adjacent to an activating group) is 1. The maximum Gasteiger partial charge on any atom is 0.264 e. The summed E-state index contributed by atoms with van der Waals surface area (Å²) in [6.07, 6.45) is 0.278. The summed E-state index contributed by atoms with van der Waals surface area (Å²) >= 11 is 0. The van der Waals surface area contributed by atoms with E-state index >= 15 is 0 Å². The molecule has 0 radical (unpaired) electrons. The normalized spacial score (nSPS) is 11.9. The molecule has 1 N–H and O–H groups in total. The van der Waals surface area contributed by atoms with Gasteiger partial charge in [-0.2, -0.15) is 0 Å². The summed E-state index contributed by atoms with van der Waals surface area (Å²) in [5, 5.41) is 2.88. The van der Waals surface area contributed by atoms with Gasteiger partial charge in [0.2, 0.25) is 11.8 Å². The number of sulfonamides is 1. The van der Waals surface area contributed by atoms with E-state index in [4.69, 9.17) is 0 Å². The van der Waals surface area contributed by atoms with Crippen LogP contribution in [0.5, 0.6) is 0 Å². The lowest BCUT2D eigenvalue weighted by molar-refractivity contribution is -0.140. The number of hydrogen-bond acceptors (Lipinski definition) is 4. The Morgan fingerprint density at radius 2 is 1.38 bits per heavy atom. The molecule has 0 heterocycles. The van der Waals surface area contributed by atoms with Gasteiger partial charge in [0.25, 0.3) is 10.0 Å². The van der Waals surface area contributed by atoms with Gasteiger partial charge < -0.3 is 10.2 Å². The summed E-state index contributed by atoms with van der Waals surface area (Å²) in [6, 6.07) is 31.7. The Balaban J connectivity index is 1.78. The van der Waals surface area contributed by atoms with E-state index in [-0.39, 0.29) is 23.8 Å². The number of carbonyl (C=O) groups is 2. The van der Waals surface area contributed by atoms with Gasteiger partial charge in [-0.25, -0.2) is 8.42 Å². The lowest BCUT2D eigenvalue weighted by Gasteiger charge is -2.34. The zero-order valence-corrected chi connectivity index (χ0v) is 25.1. The predicted octanol–water partition coefficient (Wildman–Crippen LogP) is 5.27. The van der Waals surface area contributed by atoms with E-state index in [1.54, 1.807) is 42.5 Å². The third-order valence-electron chi connectivity index (χ3n) is 7.00. The fourth-order valence-corrected chi connectivity index (χ4v) is 6.18. The van der Waals surface area contributed by atoms with Crippen LogP contribution in [0.1, 0.15) is 29.2 Å². The Morgan fingerprint density at radius 1 is 0.762 bits per heavy atom. The highest BCUT2D eigenvalue weighted by Crippen LogP contribution is 2.26. The lowest BCUT2D eigenvalue weighted by Crippen LogP contribution is -2.53. The van der Waals surface area contributed by atoms with Gasteiger partial charge in [0, 0.05) is 19.5 Å². The molecule has 2 amide bonds. The van der Waals surface area contributed by atoms with Gasteiger partial charge in [0.15, 0.2) is 0 Å². The molecular weight excluding hydrogens is 546 g/mol. The van der Waals surface area contributed by atoms with E-state index in [9.17, 15) is 18.0 Å². The standard InChI is InChI=1S/C34H37N3O4S/c1-4-35-34(39)32(23-28-13-7-5-8-14-28)36(24-29-15-9-6-10-16-29)33(38)25-37(30-17-11-12-27(3)22-30)42(40,41)31-20-18-26(2)19-21-31/h5-22,32H,4,23-25H2,1-3H3,(H,35,39). The number of benzene rings is 4. The van der Waals surface area contributed by atoms with Crippen LogP contribution in [0, 0.1) is 13.8 Å². The molecule has 0 saturated carbocycles. The maximum absolute atomic E-state index is 14.3. The second-order valence-electron chi connectivity index (χ2n) is 10.3. The Bertz CT molecular complexity index is 1590. The molecule has 1 unspecified atom stereocenters. The molecule has 0 fully saturated rings. The molecule has 8 heteroatoms. The molecule has 7 nitrogen and oxygen atoms in total. The van der Waals surface area contributed by atoms with Gasteiger partial charge in [-0.1, -0.05) is 90.5 Å². The van der Waals surface area contributed by atoms with E-state index in [0.717, 1.165) is 26.6 Å². The monoisotopic (exact) mass is 583 g/mol. The van der Waals surface area contributed by atoms with E-state index in [1.165, 1.54) is 4.90 Å². The minimum Gasteiger partial charge on any atom is -0.355 e. The zero-order valence-electron chi connectivity index (χ0n) is 24.2. The molecule has 1 atom stereocenters. The van der Waals surface area contributed by atoms with E-state index < -0.39 is 28.5 Å². The largest absolute Gasteiger partial charge is 0.355 e. The second-order valence-corrected chi connectivity index (χ2v) is 12.1. The number of aryl methyl sites for hydroxylation is 2. The molecule has 42 heavy (non-hydrogen) atoms. The van der Waals surface area contributed by atoms with Crippen molar-refractivity contribution in [2.24, 2.45) is 0 Å². The molecule has 0 aromatic heterocycles. The first kappa shape index (κ1) is 30.5. The fraction of sp³-hybridized carbons (Fsp3) is 0.235. The fourth-order valence-electron chi connectivity index (χ4n) is 4.78. The average Bonchev–Trinajstić information content (AvgIpc) is 2.99. The second kappa shape index (κ2) is 14.0. The van der Waals surface area contributed by atoms with Gasteiger partial charge >= 0.3 is 0 Å². The van der Waals surface area contributed by atoms with E-state index in [2.05, 4.69) is 5.32 Å². The number of nitrogens with zero attached hydrogens (tertiary/aromatic N) is 2. The summed E-state index contributed by atoms with van der Waals surface area (Å²) in [5.74, 6) is -0.780. The number of rotatable bonds is 12. The van der Waals surface area contributed by atoms with Crippen molar-refractivity contribution in [2.75, 3.05) is 17.4 Å². The van der Waals surface area contributed by atoms with Crippen LogP contribution >= 0.6 is 0 Å². The summed E-state index contributed by atoms with van der Waals surface area (Å²) in [5.41, 5.74) is 3.88. The summed E-state index contributed by atoms with van der Waals surface area (Å²) in [7, 11) is -4.12. The van der Waals surface area contributed by atoms with Crippen LogP contribution in [0.25, 0.3) is 0 Å². The predicted molar refractivity (Wildman–Crippen MR) is 166 cm³/mol. The Hall–Kier alpha value is -4.43. The number of anilines is 1. The summed E-state index contributed by atoms with van der Waals surface area (Å²) in [4.78, 5) is 29.4. The summed E-state index contributed by atoms with van der Waals surface area (Å²) in [6.45, 7) is 5.64. The van der Waals surface area contributed by atoms with Crippen LogP contribution in [0.2, 0.25) is 0 Å². The van der Waals surface area contributed by atoms with Crippen LogP contribution in [-0.4, -0.2) is 44.3 Å². The highest BCUT2D eigenvalue weighted by Gasteiger charge is 2.34. The SMILES string of the molecule is CCNC(=O)C(Cc1ccccc1)N(Cc1ccccc1)C(=O)CN(c1cccc(C)c1)S(=O)(=O)c1ccc(C)cc1. The van der Waals surface area contributed by atoms with Gasteiger partial charge in [0.1, 0.15) is 12.6 Å². The first-order chi connectivity index (χ1) is 20.2. The summed E-state index contributed by atoms with van der Waals surface area (Å²) < 4.78 is 29.2. The van der Waals surface area contributed by atoms with Gasteiger partial charge in [-0.05, 0) is 61.7 Å². The highest BCUT2D eigenvalue weighted by atomic mass is 32.2. The van der Waals surface area contributed by atoms with Crippen LogP contribution < -0.4 is 9.62 Å². The topological polar surface area (TPSA) is 86.8 Å². The van der Waals surface area contributed by atoms with Crippen molar-refractivity contribution in [3.8, 4) is 0 Å². The molecule has 4 rings (SSSR count). The van der Waals surface area contributed by atoms with Gasteiger partial charge in [-0.3, -0.25) is 13.9 Å². The smallest absolute Gasteiger partial charge is 0.264 e. The molecule has 0 aliphatic carbocycles. The molecular formula is C34H37N3O4S. The van der Waals surface area contributed by atoms with Gasteiger partial charge in [-0.15, -0.1) is 0 Å². The molecule has 4 aromatic rings. The Labute approximate surface area is 248 Å². The maximum atomic E-state index is 14.3. The number of nitrogens with one attached hydrogen (secondary N) is 1. The molecule has 0 bridgehead atoms. The van der Waals surface area contributed by atoms with Crippen molar-refractivity contribution in [1.29, 1.82) is 0 Å². The van der Waals surface area contributed by atoms with Crippen molar-refractivity contribution < 1.29 is 18.0 Å². The molecule has 0 saturated heterocycles. The number of hydrogen-bond donors (Lipinski definition) is 1. The molecule has 0 spiro atoms. The average molecular weight is 584 g/mol. The first-order valence-electron chi connectivity index (χ1n) is 14.0. The van der Waals surface area contributed by atoms with Crippen molar-refractivity contribution in [3.63, 3.8) is 0 Å². The molecule has 218 valence electrons. The quantitative estimate of drug-likeness (QED) is 0.246.